The smallest absolute Gasteiger partial charge is 0.318 e. The van der Waals surface area contributed by atoms with Gasteiger partial charge >= 0.3 is 11.9 Å². The monoisotopic (exact) mass is 362 g/mol. The quantitative estimate of drug-likeness (QED) is 0.326. The maximum Gasteiger partial charge on any atom is 0.318 e. The standard InChI is InChI=1S/C18H26O4Si2/c1-23(2,3)17-10-8-7-9-11(10)18(16(17)21,24(4,5)6)13-12(17)14(19)22-15(13)20/h12-13H,7-9H2,1-6H3/t12?,13?,17-,18+. The Morgan fingerprint density at radius 3 is 1.50 bits per heavy atom. The second-order valence-corrected chi connectivity index (χ2v) is 20.5. The molecule has 24 heavy (non-hydrogen) atoms. The molecule has 2 fully saturated rings. The number of rotatable bonds is 2. The van der Waals surface area contributed by atoms with Crippen molar-refractivity contribution in [2.45, 2.75) is 68.6 Å². The van der Waals surface area contributed by atoms with Crippen molar-refractivity contribution in [1.29, 1.82) is 0 Å². The summed E-state index contributed by atoms with van der Waals surface area (Å²) in [5, 5.41) is -1.40. The Hall–Kier alpha value is -1.02. The molecular weight excluding hydrogens is 336 g/mol. The summed E-state index contributed by atoms with van der Waals surface area (Å²) in [7, 11) is -4.21. The average molecular weight is 363 g/mol. The Kier molecular flexibility index (Phi) is 2.88. The molecule has 4 atom stereocenters. The van der Waals surface area contributed by atoms with Crippen LogP contribution in [0.5, 0.6) is 0 Å². The Balaban J connectivity index is 2.15. The van der Waals surface area contributed by atoms with Gasteiger partial charge in [-0.3, -0.25) is 14.4 Å². The van der Waals surface area contributed by atoms with Crippen LogP contribution in [0.1, 0.15) is 19.3 Å². The van der Waals surface area contributed by atoms with Crippen LogP contribution in [0.2, 0.25) is 49.4 Å². The first-order valence-electron chi connectivity index (χ1n) is 8.97. The van der Waals surface area contributed by atoms with Gasteiger partial charge in [-0.15, -0.1) is 0 Å². The predicted octanol–water partition coefficient (Wildman–Crippen LogP) is 3.54. The van der Waals surface area contributed by atoms with Gasteiger partial charge in [0, 0.05) is 0 Å². The fraction of sp³-hybridized carbons (Fsp3) is 0.722. The lowest BCUT2D eigenvalue weighted by Gasteiger charge is -2.43. The predicted molar refractivity (Wildman–Crippen MR) is 96.0 cm³/mol. The molecule has 1 saturated carbocycles. The van der Waals surface area contributed by atoms with Crippen molar-refractivity contribution in [3.8, 4) is 0 Å². The van der Waals surface area contributed by atoms with E-state index in [2.05, 4.69) is 39.3 Å². The topological polar surface area (TPSA) is 60.4 Å². The van der Waals surface area contributed by atoms with Crippen LogP contribution in [0.4, 0.5) is 0 Å². The molecule has 130 valence electrons. The molecule has 1 heterocycles. The number of carbonyl (C=O) groups is 3. The molecule has 4 aliphatic rings. The lowest BCUT2D eigenvalue weighted by atomic mass is 9.77. The first kappa shape index (κ1) is 16.5. The highest BCUT2D eigenvalue weighted by Crippen LogP contribution is 2.83. The van der Waals surface area contributed by atoms with Crippen molar-refractivity contribution >= 4 is 33.9 Å². The summed E-state index contributed by atoms with van der Waals surface area (Å²) in [6.45, 7) is 13.1. The number of esters is 2. The highest BCUT2D eigenvalue weighted by atomic mass is 28.3. The largest absolute Gasteiger partial charge is 0.393 e. The Morgan fingerprint density at radius 2 is 1.17 bits per heavy atom. The van der Waals surface area contributed by atoms with E-state index in [0.29, 0.717) is 0 Å². The van der Waals surface area contributed by atoms with E-state index in [1.807, 2.05) is 0 Å². The van der Waals surface area contributed by atoms with Crippen LogP contribution in [0.3, 0.4) is 0 Å². The van der Waals surface area contributed by atoms with Gasteiger partial charge in [-0.25, -0.2) is 0 Å². The van der Waals surface area contributed by atoms with Gasteiger partial charge in [0.25, 0.3) is 0 Å². The number of carbonyl (C=O) groups excluding carboxylic acids is 3. The van der Waals surface area contributed by atoms with E-state index in [-0.39, 0.29) is 5.78 Å². The summed E-state index contributed by atoms with van der Waals surface area (Å²) in [5.74, 6) is -1.72. The van der Waals surface area contributed by atoms with E-state index in [9.17, 15) is 14.4 Å². The summed E-state index contributed by atoms with van der Waals surface area (Å²) < 4.78 is 5.15. The number of hydrogen-bond acceptors (Lipinski definition) is 4. The van der Waals surface area contributed by atoms with Gasteiger partial charge in [-0.05, 0) is 19.3 Å². The van der Waals surface area contributed by atoms with E-state index in [1.165, 1.54) is 11.1 Å². The Morgan fingerprint density at radius 1 is 0.792 bits per heavy atom. The molecule has 6 heteroatoms. The lowest BCUT2D eigenvalue weighted by molar-refractivity contribution is -0.155. The fourth-order valence-electron chi connectivity index (χ4n) is 6.73. The molecule has 0 N–H and O–H groups in total. The summed E-state index contributed by atoms with van der Waals surface area (Å²) >= 11 is 0. The lowest BCUT2D eigenvalue weighted by Crippen LogP contribution is -2.50. The van der Waals surface area contributed by atoms with Gasteiger partial charge in [0.1, 0.15) is 5.78 Å². The van der Waals surface area contributed by atoms with Crippen LogP contribution in [-0.2, 0) is 19.1 Å². The fourth-order valence-corrected chi connectivity index (χ4v) is 13.4. The van der Waals surface area contributed by atoms with Gasteiger partial charge < -0.3 is 4.74 Å². The third-order valence-corrected chi connectivity index (χ3v) is 13.6. The van der Waals surface area contributed by atoms with Crippen molar-refractivity contribution < 1.29 is 19.1 Å². The molecule has 2 unspecified atom stereocenters. The summed E-state index contributed by atoms with van der Waals surface area (Å²) in [6, 6.07) is 0. The number of Topliss-reactive ketones (excluding diaryl/α,β-unsaturated/α-hetero) is 1. The molecule has 2 bridgehead atoms. The molecular formula is C18H26O4Si2. The molecule has 4 nitrogen and oxygen atoms in total. The zero-order valence-corrected chi connectivity index (χ0v) is 17.4. The average Bonchev–Trinajstić information content (AvgIpc) is 3.08. The van der Waals surface area contributed by atoms with Gasteiger partial charge in [0.2, 0.25) is 0 Å². The van der Waals surface area contributed by atoms with Gasteiger partial charge in [-0.1, -0.05) is 50.4 Å². The molecule has 0 amide bonds. The molecule has 1 saturated heterocycles. The van der Waals surface area contributed by atoms with Crippen molar-refractivity contribution in [2.75, 3.05) is 0 Å². The SMILES string of the molecule is C[Si](C)(C)[C@@]12C(=O)[C@@]([Si](C)(C)C)(C3=C1CCC3)C1C(=O)OC(=O)C12. The maximum atomic E-state index is 14.1. The van der Waals surface area contributed by atoms with Crippen LogP contribution < -0.4 is 0 Å². The van der Waals surface area contributed by atoms with Crippen molar-refractivity contribution in [3.63, 3.8) is 0 Å². The summed E-state index contributed by atoms with van der Waals surface area (Å²) in [4.78, 5) is 39.6. The summed E-state index contributed by atoms with van der Waals surface area (Å²) in [5.41, 5.74) is 2.50. The third-order valence-electron chi connectivity index (χ3n) is 7.23. The van der Waals surface area contributed by atoms with Gasteiger partial charge in [0.05, 0.1) is 38.1 Å². The van der Waals surface area contributed by atoms with E-state index in [0.717, 1.165) is 19.3 Å². The minimum atomic E-state index is -2.10. The molecule has 0 aromatic rings. The zero-order chi connectivity index (χ0) is 17.9. The second kappa shape index (κ2) is 4.20. The van der Waals surface area contributed by atoms with Gasteiger partial charge in [-0.2, -0.15) is 0 Å². The van der Waals surface area contributed by atoms with Crippen molar-refractivity contribution in [1.82, 2.24) is 0 Å². The first-order valence-corrected chi connectivity index (χ1v) is 16.0. The second-order valence-electron chi connectivity index (χ2n) is 9.95. The highest BCUT2D eigenvalue weighted by Gasteiger charge is 2.85. The number of fused-ring (bicyclic) bond motifs is 7. The van der Waals surface area contributed by atoms with Crippen molar-refractivity contribution in [3.05, 3.63) is 11.1 Å². The molecule has 4 rings (SSSR count). The number of ether oxygens (including phenoxy) is 1. The summed E-state index contributed by atoms with van der Waals surface area (Å²) in [6.07, 6.45) is 2.89. The minimum absolute atomic E-state index is 0.234. The number of allylic oxidation sites excluding steroid dienone is 2. The van der Waals surface area contributed by atoms with Gasteiger partial charge in [0.15, 0.2) is 0 Å². The molecule has 0 radical (unpaired) electrons. The number of cyclic esters (lactones) is 2. The Labute approximate surface area is 145 Å². The van der Waals surface area contributed by atoms with Crippen LogP contribution in [0.15, 0.2) is 11.1 Å². The number of ketones is 1. The van der Waals surface area contributed by atoms with E-state index in [4.69, 9.17) is 4.74 Å². The van der Waals surface area contributed by atoms with E-state index >= 15 is 0 Å². The van der Waals surface area contributed by atoms with Crippen LogP contribution >= 0.6 is 0 Å². The normalized spacial score (nSPS) is 41.2. The molecule has 0 aromatic heterocycles. The number of hydrogen-bond donors (Lipinski definition) is 0. The minimum Gasteiger partial charge on any atom is -0.393 e. The first-order chi connectivity index (χ1) is 10.9. The molecule has 3 aliphatic carbocycles. The Bertz CT molecular complexity index is 681. The van der Waals surface area contributed by atoms with Crippen LogP contribution in [-0.4, -0.2) is 33.9 Å². The zero-order valence-electron chi connectivity index (χ0n) is 15.4. The molecule has 0 aromatic carbocycles. The molecule has 1 aliphatic heterocycles. The van der Waals surface area contributed by atoms with Crippen LogP contribution in [0, 0.1) is 11.8 Å². The third kappa shape index (κ3) is 1.34. The van der Waals surface area contributed by atoms with E-state index < -0.39 is 50.0 Å². The molecule has 0 spiro atoms. The van der Waals surface area contributed by atoms with Crippen molar-refractivity contribution in [2.24, 2.45) is 11.8 Å². The van der Waals surface area contributed by atoms with Crippen LogP contribution in [0.25, 0.3) is 0 Å². The van der Waals surface area contributed by atoms with E-state index in [1.54, 1.807) is 0 Å². The highest BCUT2D eigenvalue weighted by molar-refractivity contribution is 6.90. The maximum absolute atomic E-state index is 14.1.